The maximum Gasteiger partial charge on any atom is 0.407 e. The van der Waals surface area contributed by atoms with Crippen molar-refractivity contribution in [2.24, 2.45) is 0 Å². The van der Waals surface area contributed by atoms with E-state index in [2.05, 4.69) is 15.6 Å². The van der Waals surface area contributed by atoms with Crippen LogP contribution in [0.2, 0.25) is 0 Å². The summed E-state index contributed by atoms with van der Waals surface area (Å²) in [6.07, 6.45) is -0.543. The predicted molar refractivity (Wildman–Crippen MR) is 94.1 cm³/mol. The first-order valence-corrected chi connectivity index (χ1v) is 8.95. The average Bonchev–Trinajstić information content (AvgIpc) is 2.69. The molecule has 3 aliphatic heterocycles. The summed E-state index contributed by atoms with van der Waals surface area (Å²) < 4.78 is 5.66. The number of imide groups is 1. The lowest BCUT2D eigenvalue weighted by atomic mass is 10.1. The molecule has 1 aromatic rings. The lowest BCUT2D eigenvalue weighted by molar-refractivity contribution is -0.134. The van der Waals surface area contributed by atoms with Gasteiger partial charge in [-0.25, -0.2) is 9.78 Å². The molecule has 0 radical (unpaired) electrons. The van der Waals surface area contributed by atoms with Crippen molar-refractivity contribution in [3.63, 3.8) is 0 Å². The summed E-state index contributed by atoms with van der Waals surface area (Å²) in [6.45, 7) is 1.49. The molecule has 0 spiro atoms. The Morgan fingerprint density at radius 3 is 2.86 bits per heavy atom. The molecule has 148 valence electrons. The number of carboxylic acid groups (broad SMARTS) is 1. The van der Waals surface area contributed by atoms with Crippen LogP contribution in [-0.4, -0.2) is 77.1 Å². The molecule has 11 nitrogen and oxygen atoms in total. The topological polar surface area (TPSA) is 141 Å². The molecule has 0 aromatic carbocycles. The van der Waals surface area contributed by atoms with Crippen LogP contribution in [-0.2, 0) is 9.59 Å². The van der Waals surface area contributed by atoms with Crippen LogP contribution in [0.5, 0.6) is 5.88 Å². The number of piperidine rings is 1. The quantitative estimate of drug-likeness (QED) is 0.557. The number of carbonyl (C=O) groups excluding carboxylic acids is 3. The van der Waals surface area contributed by atoms with Gasteiger partial charge in [0.1, 0.15) is 24.0 Å². The molecule has 4 amide bonds. The molecular formula is C17H19N5O6. The number of anilines is 1. The number of nitrogens with zero attached hydrogens (tertiary/aromatic N) is 3. The van der Waals surface area contributed by atoms with Crippen molar-refractivity contribution in [3.8, 4) is 5.88 Å². The Morgan fingerprint density at radius 1 is 1.29 bits per heavy atom. The Kier molecular flexibility index (Phi) is 4.49. The average molecular weight is 389 g/mol. The van der Waals surface area contributed by atoms with Gasteiger partial charge in [0.2, 0.25) is 17.7 Å². The Balaban J connectivity index is 1.46. The first-order valence-electron chi connectivity index (χ1n) is 8.95. The van der Waals surface area contributed by atoms with E-state index in [4.69, 9.17) is 9.84 Å². The highest BCUT2D eigenvalue weighted by Crippen LogP contribution is 2.33. The maximum absolute atomic E-state index is 12.4. The standard InChI is InChI=1S/C17H19N5O6/c23-13-4-2-10(15(25)20-13)18-14(24)11-1-3-12-16(19-11)28-8-9-7-21(17(26)27)5-6-22(9)12/h1,3,9-10H,2,4-8H2,(H,18,24)(H,26,27)(H,20,23,25)/t9?,10-/m0/s1. The van der Waals surface area contributed by atoms with Gasteiger partial charge >= 0.3 is 6.09 Å². The van der Waals surface area contributed by atoms with E-state index in [1.165, 1.54) is 11.0 Å². The Labute approximate surface area is 159 Å². The molecular weight excluding hydrogens is 370 g/mol. The lowest BCUT2D eigenvalue weighted by Crippen LogP contribution is -2.58. The number of pyridine rings is 1. The third-order valence-corrected chi connectivity index (χ3v) is 5.09. The zero-order valence-electron chi connectivity index (χ0n) is 14.9. The molecule has 28 heavy (non-hydrogen) atoms. The van der Waals surface area contributed by atoms with Gasteiger partial charge in [-0.3, -0.25) is 19.7 Å². The van der Waals surface area contributed by atoms with Crippen LogP contribution in [0.3, 0.4) is 0 Å². The Bertz CT molecular complexity index is 858. The van der Waals surface area contributed by atoms with Crippen molar-refractivity contribution in [1.82, 2.24) is 20.5 Å². The van der Waals surface area contributed by atoms with E-state index >= 15 is 0 Å². The van der Waals surface area contributed by atoms with Gasteiger partial charge in [0.15, 0.2) is 0 Å². The normalized spacial score (nSPS) is 23.9. The summed E-state index contributed by atoms with van der Waals surface area (Å²) >= 11 is 0. The number of aromatic nitrogens is 1. The molecule has 3 aliphatic rings. The third kappa shape index (κ3) is 3.30. The fourth-order valence-electron chi connectivity index (χ4n) is 3.61. The number of piperazine rings is 1. The lowest BCUT2D eigenvalue weighted by Gasteiger charge is -2.44. The molecule has 4 rings (SSSR count). The van der Waals surface area contributed by atoms with Gasteiger partial charge in [-0.15, -0.1) is 0 Å². The molecule has 3 N–H and O–H groups in total. The SMILES string of the molecule is O=C1CC[C@H](NC(=O)c2ccc3c(n2)OCC2CN(C(=O)O)CCN32)C(=O)N1. The first-order chi connectivity index (χ1) is 13.4. The largest absolute Gasteiger partial charge is 0.474 e. The Hall–Kier alpha value is -3.37. The van der Waals surface area contributed by atoms with E-state index in [9.17, 15) is 19.2 Å². The fraction of sp³-hybridized carbons (Fsp3) is 0.471. The highest BCUT2D eigenvalue weighted by molar-refractivity contribution is 6.03. The van der Waals surface area contributed by atoms with Crippen LogP contribution >= 0.6 is 0 Å². The van der Waals surface area contributed by atoms with E-state index in [1.807, 2.05) is 4.90 Å². The van der Waals surface area contributed by atoms with Crippen molar-refractivity contribution in [1.29, 1.82) is 0 Å². The minimum absolute atomic E-state index is 0.103. The summed E-state index contributed by atoms with van der Waals surface area (Å²) in [5.74, 6) is -1.11. The highest BCUT2D eigenvalue weighted by Gasteiger charge is 2.36. The molecule has 2 fully saturated rings. The minimum Gasteiger partial charge on any atom is -0.474 e. The molecule has 0 saturated carbocycles. The van der Waals surface area contributed by atoms with Crippen molar-refractivity contribution >= 4 is 29.5 Å². The van der Waals surface area contributed by atoms with Gasteiger partial charge < -0.3 is 25.0 Å². The van der Waals surface area contributed by atoms with Gasteiger partial charge in [-0.05, 0) is 18.6 Å². The van der Waals surface area contributed by atoms with Crippen molar-refractivity contribution in [2.45, 2.75) is 24.9 Å². The first kappa shape index (κ1) is 18.0. The monoisotopic (exact) mass is 389 g/mol. The maximum atomic E-state index is 12.4. The van der Waals surface area contributed by atoms with Crippen LogP contribution in [0.1, 0.15) is 23.3 Å². The summed E-state index contributed by atoms with van der Waals surface area (Å²) in [4.78, 5) is 54.2. The number of carbonyl (C=O) groups is 4. The second-order valence-electron chi connectivity index (χ2n) is 6.88. The smallest absolute Gasteiger partial charge is 0.407 e. The molecule has 0 aliphatic carbocycles. The van der Waals surface area contributed by atoms with E-state index < -0.39 is 23.9 Å². The second kappa shape index (κ2) is 6.98. The van der Waals surface area contributed by atoms with Crippen LogP contribution in [0.25, 0.3) is 0 Å². The number of amides is 4. The summed E-state index contributed by atoms with van der Waals surface area (Å²) in [6, 6.07) is 2.36. The second-order valence-corrected chi connectivity index (χ2v) is 6.88. The van der Waals surface area contributed by atoms with E-state index in [-0.39, 0.29) is 37.1 Å². The molecule has 1 aromatic heterocycles. The molecule has 4 heterocycles. The molecule has 0 bridgehead atoms. The summed E-state index contributed by atoms with van der Waals surface area (Å²) in [5, 5.41) is 13.9. The van der Waals surface area contributed by atoms with Crippen molar-refractivity contribution in [3.05, 3.63) is 17.8 Å². The predicted octanol–water partition coefficient (Wildman–Crippen LogP) is -0.822. The number of ether oxygens (including phenoxy) is 1. The van der Waals surface area contributed by atoms with Gasteiger partial charge in [0.05, 0.1) is 6.04 Å². The molecule has 2 atom stereocenters. The van der Waals surface area contributed by atoms with Crippen LogP contribution < -0.4 is 20.3 Å². The van der Waals surface area contributed by atoms with Gasteiger partial charge in [0, 0.05) is 26.1 Å². The number of fused-ring (bicyclic) bond motifs is 3. The van der Waals surface area contributed by atoms with Crippen LogP contribution in [0, 0.1) is 0 Å². The fourth-order valence-corrected chi connectivity index (χ4v) is 3.61. The number of rotatable bonds is 2. The third-order valence-electron chi connectivity index (χ3n) is 5.09. The molecule has 11 heteroatoms. The zero-order chi connectivity index (χ0) is 19.8. The van der Waals surface area contributed by atoms with Crippen molar-refractivity contribution < 1.29 is 29.0 Å². The highest BCUT2D eigenvalue weighted by atomic mass is 16.5. The van der Waals surface area contributed by atoms with E-state index in [1.54, 1.807) is 6.07 Å². The minimum atomic E-state index is -0.955. The number of hydrogen-bond donors (Lipinski definition) is 3. The molecule has 1 unspecified atom stereocenters. The van der Waals surface area contributed by atoms with Gasteiger partial charge in [-0.2, -0.15) is 0 Å². The van der Waals surface area contributed by atoms with Crippen molar-refractivity contribution in [2.75, 3.05) is 31.1 Å². The summed E-state index contributed by atoms with van der Waals surface area (Å²) in [7, 11) is 0. The van der Waals surface area contributed by atoms with E-state index in [0.717, 1.165) is 0 Å². The number of nitrogens with one attached hydrogen (secondary N) is 2. The van der Waals surface area contributed by atoms with Crippen LogP contribution in [0.4, 0.5) is 10.5 Å². The van der Waals surface area contributed by atoms with Gasteiger partial charge in [-0.1, -0.05) is 0 Å². The number of hydrogen-bond acceptors (Lipinski definition) is 7. The zero-order valence-corrected chi connectivity index (χ0v) is 14.9. The molecule has 2 saturated heterocycles. The van der Waals surface area contributed by atoms with E-state index in [0.29, 0.717) is 31.2 Å². The van der Waals surface area contributed by atoms with Crippen LogP contribution in [0.15, 0.2) is 12.1 Å². The Morgan fingerprint density at radius 2 is 2.11 bits per heavy atom. The van der Waals surface area contributed by atoms with Gasteiger partial charge in [0.25, 0.3) is 5.91 Å². The summed E-state index contributed by atoms with van der Waals surface area (Å²) in [5.41, 5.74) is 0.810.